The molecule has 4 rings (SSSR count). The molecule has 2 N–H and O–H groups in total. The Morgan fingerprint density at radius 1 is 1.10 bits per heavy atom. The Morgan fingerprint density at radius 3 is 2.50 bits per heavy atom. The minimum absolute atomic E-state index is 0.0279. The second-order valence-electron chi connectivity index (χ2n) is 8.92. The van der Waals surface area contributed by atoms with E-state index in [4.69, 9.17) is 0 Å². The lowest BCUT2D eigenvalue weighted by molar-refractivity contribution is -0.132. The summed E-state index contributed by atoms with van der Waals surface area (Å²) < 4.78 is 0. The number of nitrogens with one attached hydrogen (secondary N) is 2. The predicted molar refractivity (Wildman–Crippen MR) is 113 cm³/mol. The van der Waals surface area contributed by atoms with E-state index in [0.717, 1.165) is 57.3 Å². The molecule has 3 amide bonds. The van der Waals surface area contributed by atoms with Gasteiger partial charge in [-0.2, -0.15) is 0 Å². The number of piperidine rings is 1. The number of nitrogens with zero attached hydrogens (tertiary/aromatic N) is 2. The van der Waals surface area contributed by atoms with Crippen molar-refractivity contribution >= 4 is 17.7 Å². The Balaban J connectivity index is 1.22. The molecule has 1 aliphatic carbocycles. The van der Waals surface area contributed by atoms with Crippen LogP contribution in [0.1, 0.15) is 86.2 Å². The molecule has 3 heterocycles. The molecule has 2 saturated heterocycles. The van der Waals surface area contributed by atoms with Crippen molar-refractivity contribution < 1.29 is 14.4 Å². The van der Waals surface area contributed by atoms with Gasteiger partial charge in [-0.25, -0.2) is 0 Å². The summed E-state index contributed by atoms with van der Waals surface area (Å²) in [6.07, 6.45) is 10.7. The summed E-state index contributed by atoms with van der Waals surface area (Å²) in [5.41, 5.74) is 1.63. The number of carbonyl (C=O) groups is 3. The Bertz CT molecular complexity index is 765. The second-order valence-corrected chi connectivity index (χ2v) is 8.92. The first-order valence-electron chi connectivity index (χ1n) is 11.4. The molecule has 1 unspecified atom stereocenters. The van der Waals surface area contributed by atoms with Crippen molar-refractivity contribution in [2.24, 2.45) is 0 Å². The number of pyridine rings is 1. The molecule has 0 bridgehead atoms. The fourth-order valence-electron chi connectivity index (χ4n) is 4.89. The minimum Gasteiger partial charge on any atom is -0.353 e. The highest BCUT2D eigenvalue weighted by atomic mass is 16.2. The molecule has 0 radical (unpaired) electrons. The van der Waals surface area contributed by atoms with Crippen LogP contribution in [0.2, 0.25) is 0 Å². The predicted octanol–water partition coefficient (Wildman–Crippen LogP) is 2.52. The van der Waals surface area contributed by atoms with Crippen LogP contribution in [0.5, 0.6) is 0 Å². The van der Waals surface area contributed by atoms with Crippen molar-refractivity contribution in [2.45, 2.75) is 82.2 Å². The topological polar surface area (TPSA) is 91.4 Å². The molecule has 0 spiro atoms. The van der Waals surface area contributed by atoms with Crippen molar-refractivity contribution in [3.63, 3.8) is 0 Å². The van der Waals surface area contributed by atoms with Crippen LogP contribution in [0.3, 0.4) is 0 Å². The van der Waals surface area contributed by atoms with E-state index < -0.39 is 0 Å². The number of hydrogen-bond acceptors (Lipinski definition) is 4. The van der Waals surface area contributed by atoms with Crippen LogP contribution < -0.4 is 10.6 Å². The number of amides is 3. The summed E-state index contributed by atoms with van der Waals surface area (Å²) in [7, 11) is 0. The maximum Gasteiger partial charge on any atom is 0.253 e. The van der Waals surface area contributed by atoms with Crippen LogP contribution in [-0.2, 0) is 9.59 Å². The monoisotopic (exact) mass is 412 g/mol. The smallest absolute Gasteiger partial charge is 0.253 e. The molecule has 30 heavy (non-hydrogen) atoms. The summed E-state index contributed by atoms with van der Waals surface area (Å²) in [6, 6.07) is 4.31. The zero-order valence-corrected chi connectivity index (χ0v) is 17.6. The summed E-state index contributed by atoms with van der Waals surface area (Å²) >= 11 is 0. The molecule has 1 aromatic rings. The van der Waals surface area contributed by atoms with E-state index in [2.05, 4.69) is 15.6 Å². The first-order chi connectivity index (χ1) is 14.6. The van der Waals surface area contributed by atoms with Gasteiger partial charge in [0.1, 0.15) is 0 Å². The van der Waals surface area contributed by atoms with Crippen molar-refractivity contribution in [1.29, 1.82) is 0 Å². The van der Waals surface area contributed by atoms with E-state index in [9.17, 15) is 14.4 Å². The standard InChI is InChI=1S/C23H32N4O3/c28-21-9-6-19(25-21)7-10-22(29)27-13-11-16(12-14-27)20-8-5-17(15-24-20)23(30)26-18-3-1-2-4-18/h5,8,15-16,18-19H,1-4,6-7,9-14H2,(H,25,28)(H,26,30). The summed E-state index contributed by atoms with van der Waals surface area (Å²) in [5, 5.41) is 6.03. The molecule has 2 aliphatic heterocycles. The quantitative estimate of drug-likeness (QED) is 0.751. The van der Waals surface area contributed by atoms with Gasteiger partial charge in [0.25, 0.3) is 5.91 Å². The Hall–Kier alpha value is -2.44. The Labute approximate surface area is 178 Å². The van der Waals surface area contributed by atoms with Gasteiger partial charge in [0, 0.05) is 55.8 Å². The van der Waals surface area contributed by atoms with Gasteiger partial charge in [0.05, 0.1) is 5.56 Å². The van der Waals surface area contributed by atoms with Gasteiger partial charge in [-0.15, -0.1) is 0 Å². The van der Waals surface area contributed by atoms with Crippen molar-refractivity contribution in [3.8, 4) is 0 Å². The maximum absolute atomic E-state index is 12.5. The fraction of sp³-hybridized carbons (Fsp3) is 0.652. The molecule has 1 atom stereocenters. The van der Waals surface area contributed by atoms with Crippen LogP contribution in [-0.4, -0.2) is 52.8 Å². The number of hydrogen-bond donors (Lipinski definition) is 2. The SMILES string of the molecule is O=C1CCC(CCC(=O)N2CCC(c3ccc(C(=O)NC4CCCC4)cn3)CC2)N1. The molecular weight excluding hydrogens is 380 g/mol. The zero-order chi connectivity index (χ0) is 20.9. The molecular formula is C23H32N4O3. The molecule has 3 aliphatic rings. The fourth-order valence-corrected chi connectivity index (χ4v) is 4.89. The van der Waals surface area contributed by atoms with Crippen LogP contribution in [0, 0.1) is 0 Å². The van der Waals surface area contributed by atoms with E-state index in [0.29, 0.717) is 30.4 Å². The van der Waals surface area contributed by atoms with E-state index >= 15 is 0 Å². The normalized spacial score (nSPS) is 22.9. The molecule has 0 aromatic carbocycles. The zero-order valence-electron chi connectivity index (χ0n) is 17.6. The third kappa shape index (κ3) is 5.18. The molecule has 7 nitrogen and oxygen atoms in total. The Kier molecular flexibility index (Phi) is 6.65. The van der Waals surface area contributed by atoms with Gasteiger partial charge in [0.2, 0.25) is 11.8 Å². The van der Waals surface area contributed by atoms with Gasteiger partial charge in [-0.05, 0) is 50.7 Å². The number of aromatic nitrogens is 1. The number of carbonyl (C=O) groups excluding carboxylic acids is 3. The van der Waals surface area contributed by atoms with Gasteiger partial charge in [0.15, 0.2) is 0 Å². The van der Waals surface area contributed by atoms with E-state index in [-0.39, 0.29) is 23.8 Å². The first-order valence-corrected chi connectivity index (χ1v) is 11.4. The lowest BCUT2D eigenvalue weighted by atomic mass is 9.92. The largest absolute Gasteiger partial charge is 0.353 e. The van der Waals surface area contributed by atoms with Crippen LogP contribution in [0.4, 0.5) is 0 Å². The molecule has 162 valence electrons. The highest BCUT2D eigenvalue weighted by Crippen LogP contribution is 2.27. The van der Waals surface area contributed by atoms with Crippen molar-refractivity contribution in [1.82, 2.24) is 20.5 Å². The Morgan fingerprint density at radius 2 is 1.87 bits per heavy atom. The van der Waals surface area contributed by atoms with Gasteiger partial charge in [-0.1, -0.05) is 12.8 Å². The van der Waals surface area contributed by atoms with Crippen LogP contribution in [0.25, 0.3) is 0 Å². The van der Waals surface area contributed by atoms with Gasteiger partial charge >= 0.3 is 0 Å². The van der Waals surface area contributed by atoms with Crippen molar-refractivity contribution in [2.75, 3.05) is 13.1 Å². The van der Waals surface area contributed by atoms with E-state index in [1.165, 1.54) is 12.8 Å². The minimum atomic E-state index is -0.0279. The number of likely N-dealkylation sites (tertiary alicyclic amines) is 1. The van der Waals surface area contributed by atoms with Crippen LogP contribution >= 0.6 is 0 Å². The summed E-state index contributed by atoms with van der Waals surface area (Å²) in [6.45, 7) is 1.48. The second kappa shape index (κ2) is 9.58. The average molecular weight is 413 g/mol. The molecule has 1 saturated carbocycles. The van der Waals surface area contributed by atoms with E-state index in [1.807, 2.05) is 17.0 Å². The number of rotatable bonds is 6. The highest BCUT2D eigenvalue weighted by Gasteiger charge is 2.27. The van der Waals surface area contributed by atoms with Crippen LogP contribution in [0.15, 0.2) is 18.3 Å². The maximum atomic E-state index is 12.5. The van der Waals surface area contributed by atoms with Gasteiger partial charge in [-0.3, -0.25) is 19.4 Å². The first kappa shape index (κ1) is 20.8. The average Bonchev–Trinajstić information content (AvgIpc) is 3.44. The van der Waals surface area contributed by atoms with E-state index in [1.54, 1.807) is 6.20 Å². The lowest BCUT2D eigenvalue weighted by Crippen LogP contribution is -2.38. The molecule has 7 heteroatoms. The highest BCUT2D eigenvalue weighted by molar-refractivity contribution is 5.94. The third-order valence-electron chi connectivity index (χ3n) is 6.80. The molecule has 1 aromatic heterocycles. The summed E-state index contributed by atoms with van der Waals surface area (Å²) in [5.74, 6) is 0.583. The molecule has 3 fully saturated rings. The lowest BCUT2D eigenvalue weighted by Gasteiger charge is -2.32. The third-order valence-corrected chi connectivity index (χ3v) is 6.80. The van der Waals surface area contributed by atoms with Crippen molar-refractivity contribution in [3.05, 3.63) is 29.6 Å². The van der Waals surface area contributed by atoms with Gasteiger partial charge < -0.3 is 15.5 Å². The summed E-state index contributed by atoms with van der Waals surface area (Å²) in [4.78, 5) is 42.6.